The van der Waals surface area contributed by atoms with Crippen LogP contribution in [-0.2, 0) is 11.3 Å². The molecule has 0 saturated carbocycles. The van der Waals surface area contributed by atoms with Crippen molar-refractivity contribution in [2.45, 2.75) is 6.54 Å². The Morgan fingerprint density at radius 1 is 1.08 bits per heavy atom. The molecule has 2 rings (SSSR count). The van der Waals surface area contributed by atoms with Crippen molar-refractivity contribution in [2.24, 2.45) is 0 Å². The number of allylic oxidation sites excluding steroid dienone is 2. The van der Waals surface area contributed by atoms with Gasteiger partial charge >= 0.3 is 0 Å². The Hall–Kier alpha value is -3.72. The number of nitriles is 1. The number of rotatable bonds is 5. The quantitative estimate of drug-likeness (QED) is 0.290. The standard InChI is InChI=1S/C19H16N2O4/c20-11-15(3-1-2-13-4-7-16(22)8-5-13)19(25)21-12-14-6-9-17(23)18(24)10-14/h1-10,22-24H,12H2,(H,21,25)/b2-1+,15-3+. The number of phenols is 3. The van der Waals surface area contributed by atoms with E-state index in [4.69, 9.17) is 5.26 Å². The van der Waals surface area contributed by atoms with Gasteiger partial charge in [-0.2, -0.15) is 5.26 Å². The second-order valence-corrected chi connectivity index (χ2v) is 5.15. The van der Waals surface area contributed by atoms with Crippen LogP contribution >= 0.6 is 0 Å². The lowest BCUT2D eigenvalue weighted by molar-refractivity contribution is -0.117. The van der Waals surface area contributed by atoms with E-state index in [-0.39, 0.29) is 29.4 Å². The molecule has 4 N–H and O–H groups in total. The highest BCUT2D eigenvalue weighted by Crippen LogP contribution is 2.24. The van der Waals surface area contributed by atoms with Gasteiger partial charge in [0.25, 0.3) is 5.91 Å². The smallest absolute Gasteiger partial charge is 0.262 e. The van der Waals surface area contributed by atoms with Gasteiger partial charge in [-0.15, -0.1) is 0 Å². The van der Waals surface area contributed by atoms with Gasteiger partial charge in [0.1, 0.15) is 17.4 Å². The van der Waals surface area contributed by atoms with Crippen LogP contribution in [0.1, 0.15) is 11.1 Å². The van der Waals surface area contributed by atoms with Crippen LogP contribution in [0, 0.1) is 11.3 Å². The van der Waals surface area contributed by atoms with Crippen molar-refractivity contribution in [1.82, 2.24) is 5.32 Å². The first kappa shape index (κ1) is 17.6. The van der Waals surface area contributed by atoms with Crippen molar-refractivity contribution in [3.05, 3.63) is 71.3 Å². The molecule has 0 saturated heterocycles. The number of carbonyl (C=O) groups is 1. The second kappa shape index (κ2) is 8.22. The predicted molar refractivity (Wildman–Crippen MR) is 92.5 cm³/mol. The van der Waals surface area contributed by atoms with E-state index in [1.54, 1.807) is 30.4 Å². The molecule has 0 fully saturated rings. The monoisotopic (exact) mass is 336 g/mol. The molecule has 0 spiro atoms. The van der Waals surface area contributed by atoms with Crippen molar-refractivity contribution < 1.29 is 20.1 Å². The third-order valence-electron chi connectivity index (χ3n) is 3.30. The lowest BCUT2D eigenvalue weighted by atomic mass is 10.1. The van der Waals surface area contributed by atoms with Crippen molar-refractivity contribution in [1.29, 1.82) is 5.26 Å². The van der Waals surface area contributed by atoms with E-state index in [1.165, 1.54) is 30.3 Å². The first-order valence-electron chi connectivity index (χ1n) is 7.36. The van der Waals surface area contributed by atoms with Crippen LogP contribution in [0.4, 0.5) is 0 Å². The second-order valence-electron chi connectivity index (χ2n) is 5.15. The number of aromatic hydroxyl groups is 3. The SMILES string of the molecule is N#C/C(=C\C=C\c1ccc(O)cc1)C(=O)NCc1ccc(O)c(O)c1. The van der Waals surface area contributed by atoms with E-state index in [1.807, 2.05) is 6.07 Å². The molecule has 0 aromatic heterocycles. The molecular weight excluding hydrogens is 320 g/mol. The normalized spacial score (nSPS) is 11.2. The Morgan fingerprint density at radius 2 is 1.80 bits per heavy atom. The molecule has 0 heterocycles. The molecule has 25 heavy (non-hydrogen) atoms. The third-order valence-corrected chi connectivity index (χ3v) is 3.30. The summed E-state index contributed by atoms with van der Waals surface area (Å²) in [6.07, 6.45) is 4.65. The number of nitrogens with zero attached hydrogens (tertiary/aromatic N) is 1. The van der Waals surface area contributed by atoms with E-state index in [0.717, 1.165) is 5.56 Å². The van der Waals surface area contributed by atoms with Crippen molar-refractivity contribution in [3.8, 4) is 23.3 Å². The first-order valence-corrected chi connectivity index (χ1v) is 7.36. The Morgan fingerprint density at radius 3 is 2.44 bits per heavy atom. The fourth-order valence-electron chi connectivity index (χ4n) is 1.96. The van der Waals surface area contributed by atoms with Gasteiger partial charge in [-0.05, 0) is 41.5 Å². The molecule has 6 heteroatoms. The summed E-state index contributed by atoms with van der Waals surface area (Å²) >= 11 is 0. The molecule has 2 aromatic rings. The van der Waals surface area contributed by atoms with Crippen molar-refractivity contribution >= 4 is 12.0 Å². The minimum absolute atomic E-state index is 0.0713. The largest absolute Gasteiger partial charge is 0.508 e. The highest BCUT2D eigenvalue weighted by molar-refractivity contribution is 5.97. The zero-order chi connectivity index (χ0) is 18.2. The molecule has 0 bridgehead atoms. The molecule has 0 aliphatic heterocycles. The average molecular weight is 336 g/mol. The van der Waals surface area contributed by atoms with Crippen LogP contribution in [-0.4, -0.2) is 21.2 Å². The summed E-state index contributed by atoms with van der Waals surface area (Å²) in [6, 6.07) is 12.5. The Balaban J connectivity index is 1.98. The summed E-state index contributed by atoms with van der Waals surface area (Å²) in [5.41, 5.74) is 1.32. The molecule has 0 atom stereocenters. The van der Waals surface area contributed by atoms with Gasteiger partial charge in [-0.1, -0.05) is 30.4 Å². The minimum Gasteiger partial charge on any atom is -0.508 e. The van der Waals surface area contributed by atoms with E-state index in [2.05, 4.69) is 5.32 Å². The Kier molecular flexibility index (Phi) is 5.80. The maximum Gasteiger partial charge on any atom is 0.262 e. The van der Waals surface area contributed by atoms with E-state index >= 15 is 0 Å². The number of amides is 1. The van der Waals surface area contributed by atoms with Gasteiger partial charge in [0.2, 0.25) is 0 Å². The predicted octanol–water partition coefficient (Wildman–Crippen LogP) is 2.58. The molecule has 0 aliphatic rings. The van der Waals surface area contributed by atoms with E-state index < -0.39 is 5.91 Å². The zero-order valence-electron chi connectivity index (χ0n) is 13.2. The van der Waals surface area contributed by atoms with Gasteiger partial charge in [0.15, 0.2) is 11.5 Å². The van der Waals surface area contributed by atoms with Crippen LogP contribution in [0.25, 0.3) is 6.08 Å². The van der Waals surface area contributed by atoms with Gasteiger partial charge in [-0.25, -0.2) is 0 Å². The molecule has 0 unspecified atom stereocenters. The van der Waals surface area contributed by atoms with Gasteiger partial charge < -0.3 is 20.6 Å². The van der Waals surface area contributed by atoms with Crippen LogP contribution in [0.2, 0.25) is 0 Å². The number of nitrogens with one attached hydrogen (secondary N) is 1. The van der Waals surface area contributed by atoms with Crippen LogP contribution in [0.15, 0.2) is 60.2 Å². The van der Waals surface area contributed by atoms with Crippen LogP contribution in [0.3, 0.4) is 0 Å². The number of hydrogen-bond donors (Lipinski definition) is 4. The molecule has 0 aliphatic carbocycles. The Bertz CT molecular complexity index is 862. The fraction of sp³-hybridized carbons (Fsp3) is 0.0526. The minimum atomic E-state index is -0.551. The maximum atomic E-state index is 12.0. The van der Waals surface area contributed by atoms with Gasteiger partial charge in [0, 0.05) is 6.54 Å². The highest BCUT2D eigenvalue weighted by Gasteiger charge is 2.08. The Labute approximate surface area is 144 Å². The topological polar surface area (TPSA) is 114 Å². The fourth-order valence-corrected chi connectivity index (χ4v) is 1.96. The molecular formula is C19H16N2O4. The molecule has 2 aromatic carbocycles. The summed E-state index contributed by atoms with van der Waals surface area (Å²) in [5.74, 6) is -0.915. The van der Waals surface area contributed by atoms with Crippen LogP contribution in [0.5, 0.6) is 17.2 Å². The lowest BCUT2D eigenvalue weighted by Gasteiger charge is -2.05. The summed E-state index contributed by atoms with van der Waals surface area (Å²) in [6.45, 7) is 0.105. The van der Waals surface area contributed by atoms with Crippen molar-refractivity contribution in [2.75, 3.05) is 0 Å². The lowest BCUT2D eigenvalue weighted by Crippen LogP contribution is -2.23. The molecule has 0 radical (unpaired) electrons. The summed E-state index contributed by atoms with van der Waals surface area (Å²) < 4.78 is 0. The number of phenolic OH excluding ortho intramolecular Hbond substituents is 3. The maximum absolute atomic E-state index is 12.0. The van der Waals surface area contributed by atoms with Gasteiger partial charge in [-0.3, -0.25) is 4.79 Å². The summed E-state index contributed by atoms with van der Waals surface area (Å²) in [5, 5.41) is 39.5. The van der Waals surface area contributed by atoms with E-state index in [0.29, 0.717) is 5.56 Å². The highest BCUT2D eigenvalue weighted by atomic mass is 16.3. The third kappa shape index (κ3) is 5.15. The van der Waals surface area contributed by atoms with Crippen LogP contribution < -0.4 is 5.32 Å². The number of hydrogen-bond acceptors (Lipinski definition) is 5. The zero-order valence-corrected chi connectivity index (χ0v) is 13.2. The van der Waals surface area contributed by atoms with E-state index in [9.17, 15) is 20.1 Å². The van der Waals surface area contributed by atoms with Gasteiger partial charge in [0.05, 0.1) is 0 Å². The number of benzene rings is 2. The molecule has 1 amide bonds. The summed E-state index contributed by atoms with van der Waals surface area (Å²) in [4.78, 5) is 12.0. The first-order chi connectivity index (χ1) is 12.0. The number of carbonyl (C=O) groups excluding carboxylic acids is 1. The molecule has 126 valence electrons. The van der Waals surface area contributed by atoms with Crippen molar-refractivity contribution in [3.63, 3.8) is 0 Å². The molecule has 6 nitrogen and oxygen atoms in total. The average Bonchev–Trinajstić information content (AvgIpc) is 2.61. The summed E-state index contributed by atoms with van der Waals surface area (Å²) in [7, 11) is 0.